The molecule has 3 aromatic rings. The van der Waals surface area contributed by atoms with Crippen LogP contribution in [0.1, 0.15) is 45.1 Å². The lowest BCUT2D eigenvalue weighted by atomic mass is 10.1. The molecule has 1 aliphatic rings. The normalized spacial score (nSPS) is 12.6. The number of ether oxygens (including phenoxy) is 2. The Balaban J connectivity index is 1.34. The van der Waals surface area contributed by atoms with Crippen molar-refractivity contribution in [3.63, 3.8) is 0 Å². The molecule has 0 spiro atoms. The van der Waals surface area contributed by atoms with Crippen molar-refractivity contribution < 1.29 is 23.6 Å². The molecule has 2 heterocycles. The van der Waals surface area contributed by atoms with E-state index in [-0.39, 0.29) is 19.0 Å². The van der Waals surface area contributed by atoms with Gasteiger partial charge >= 0.3 is 5.97 Å². The molecule has 0 aliphatic heterocycles. The molecule has 156 valence electrons. The van der Waals surface area contributed by atoms with E-state index in [9.17, 15) is 9.59 Å². The minimum atomic E-state index is -0.579. The van der Waals surface area contributed by atoms with Crippen molar-refractivity contribution in [3.8, 4) is 11.6 Å². The number of esters is 1. The number of aromatic nitrogens is 2. The van der Waals surface area contributed by atoms with Crippen LogP contribution >= 0.6 is 0 Å². The molecule has 30 heavy (non-hydrogen) atoms. The average molecular weight is 408 g/mol. The molecule has 0 bridgehead atoms. The Kier molecular flexibility index (Phi) is 5.44. The number of hydrogen-bond donors (Lipinski definition) is 0. The summed E-state index contributed by atoms with van der Waals surface area (Å²) in [7, 11) is 0. The summed E-state index contributed by atoms with van der Waals surface area (Å²) in [4.78, 5) is 24.6. The highest BCUT2D eigenvalue weighted by molar-refractivity contribution is 5.99. The third-order valence-corrected chi connectivity index (χ3v) is 5.37. The van der Waals surface area contributed by atoms with E-state index in [0.717, 1.165) is 30.7 Å². The Morgan fingerprint density at radius 1 is 1.07 bits per heavy atom. The lowest BCUT2D eigenvalue weighted by Crippen LogP contribution is -2.20. The topological polar surface area (TPSA) is 83.6 Å². The first-order valence-electron chi connectivity index (χ1n) is 9.98. The maximum atomic E-state index is 12.6. The van der Waals surface area contributed by atoms with E-state index < -0.39 is 5.97 Å². The highest BCUT2D eigenvalue weighted by Gasteiger charge is 2.20. The van der Waals surface area contributed by atoms with Gasteiger partial charge in [-0.1, -0.05) is 11.2 Å². The van der Waals surface area contributed by atoms with Crippen LogP contribution in [0.25, 0.3) is 5.82 Å². The van der Waals surface area contributed by atoms with Crippen LogP contribution in [0, 0.1) is 20.8 Å². The number of benzene rings is 1. The van der Waals surface area contributed by atoms with Gasteiger partial charge in [0.25, 0.3) is 0 Å². The molecule has 0 saturated heterocycles. The van der Waals surface area contributed by atoms with Gasteiger partial charge in [0.2, 0.25) is 5.78 Å². The van der Waals surface area contributed by atoms with Crippen LogP contribution in [0.3, 0.4) is 0 Å². The number of hydrogen-bond acceptors (Lipinski definition) is 6. The number of fused-ring (bicyclic) bond motifs is 1. The zero-order valence-electron chi connectivity index (χ0n) is 17.4. The van der Waals surface area contributed by atoms with Gasteiger partial charge in [-0.05, 0) is 69.4 Å². The van der Waals surface area contributed by atoms with E-state index in [0.29, 0.717) is 22.9 Å². The molecule has 0 amide bonds. The number of Topliss-reactive ketones (excluding diaryl/α,β-unsaturated/α-hetero) is 1. The summed E-state index contributed by atoms with van der Waals surface area (Å²) in [5.41, 5.74) is 4.66. The smallest absolute Gasteiger partial charge is 0.344 e. The van der Waals surface area contributed by atoms with Crippen LogP contribution in [0.5, 0.6) is 5.75 Å². The van der Waals surface area contributed by atoms with Crippen LogP contribution in [0.15, 0.2) is 34.9 Å². The van der Waals surface area contributed by atoms with Gasteiger partial charge in [-0.3, -0.25) is 9.36 Å². The number of ketones is 1. The second-order valence-electron chi connectivity index (χ2n) is 7.57. The molecule has 7 heteroatoms. The SMILES string of the molecule is Cc1cc(-n2c(C)cc(C(=O)COC(=O)COc3ccc4c(c3)CCC4)c2C)no1. The summed E-state index contributed by atoms with van der Waals surface area (Å²) in [6.07, 6.45) is 3.29. The van der Waals surface area contributed by atoms with Crippen LogP contribution < -0.4 is 4.74 Å². The van der Waals surface area contributed by atoms with E-state index in [1.807, 2.05) is 36.6 Å². The molecule has 7 nitrogen and oxygen atoms in total. The Bertz CT molecular complexity index is 1110. The molecule has 2 aromatic heterocycles. The molecule has 0 saturated carbocycles. The van der Waals surface area contributed by atoms with Crippen molar-refractivity contribution >= 4 is 11.8 Å². The molecule has 1 aromatic carbocycles. The fourth-order valence-corrected chi connectivity index (χ4v) is 3.90. The number of rotatable bonds is 7. The highest BCUT2D eigenvalue weighted by Crippen LogP contribution is 2.26. The summed E-state index contributed by atoms with van der Waals surface area (Å²) in [5.74, 6) is 1.08. The second-order valence-corrected chi connectivity index (χ2v) is 7.57. The molecule has 1 aliphatic carbocycles. The van der Waals surface area contributed by atoms with E-state index in [1.54, 1.807) is 19.1 Å². The summed E-state index contributed by atoms with van der Waals surface area (Å²) >= 11 is 0. The predicted octanol–water partition coefficient (Wildman–Crippen LogP) is 3.68. The second kappa shape index (κ2) is 8.18. The molecule has 0 unspecified atom stereocenters. The van der Waals surface area contributed by atoms with Crippen molar-refractivity contribution in [2.24, 2.45) is 0 Å². The summed E-state index contributed by atoms with van der Waals surface area (Å²) in [6.45, 7) is 4.94. The average Bonchev–Trinajstić information content (AvgIpc) is 3.43. The van der Waals surface area contributed by atoms with Gasteiger partial charge in [-0.15, -0.1) is 0 Å². The van der Waals surface area contributed by atoms with Gasteiger partial charge in [0.05, 0.1) is 0 Å². The minimum Gasteiger partial charge on any atom is -0.482 e. The molecule has 4 rings (SSSR count). The first-order valence-corrected chi connectivity index (χ1v) is 9.98. The Morgan fingerprint density at radius 2 is 1.87 bits per heavy atom. The largest absolute Gasteiger partial charge is 0.482 e. The zero-order valence-corrected chi connectivity index (χ0v) is 17.4. The number of nitrogens with zero attached hydrogens (tertiary/aromatic N) is 2. The zero-order chi connectivity index (χ0) is 21.3. The van der Waals surface area contributed by atoms with E-state index in [4.69, 9.17) is 14.0 Å². The van der Waals surface area contributed by atoms with Crippen molar-refractivity contribution in [1.82, 2.24) is 9.72 Å². The van der Waals surface area contributed by atoms with Crippen LogP contribution in [0.4, 0.5) is 0 Å². The summed E-state index contributed by atoms with van der Waals surface area (Å²) in [6, 6.07) is 9.43. The molecule has 0 N–H and O–H groups in total. The fraction of sp³-hybridized carbons (Fsp3) is 0.348. The predicted molar refractivity (Wildman–Crippen MR) is 109 cm³/mol. The lowest BCUT2D eigenvalue weighted by Gasteiger charge is -2.08. The van der Waals surface area contributed by atoms with Crippen molar-refractivity contribution in [3.05, 3.63) is 64.2 Å². The quantitative estimate of drug-likeness (QED) is 0.438. The van der Waals surface area contributed by atoms with Gasteiger partial charge in [0, 0.05) is 23.0 Å². The number of carbonyl (C=O) groups is 2. The van der Waals surface area contributed by atoms with Gasteiger partial charge in [-0.2, -0.15) is 0 Å². The summed E-state index contributed by atoms with van der Waals surface area (Å²) < 4.78 is 17.6. The Hall–Kier alpha value is -3.35. The highest BCUT2D eigenvalue weighted by atomic mass is 16.6. The van der Waals surface area contributed by atoms with Crippen LogP contribution in [-0.2, 0) is 22.4 Å². The minimum absolute atomic E-state index is 0.233. The van der Waals surface area contributed by atoms with Crippen molar-refractivity contribution in [2.75, 3.05) is 13.2 Å². The van der Waals surface area contributed by atoms with E-state index >= 15 is 0 Å². The van der Waals surface area contributed by atoms with Crippen LogP contribution in [0.2, 0.25) is 0 Å². The first kappa shape index (κ1) is 19.9. The van der Waals surface area contributed by atoms with Crippen LogP contribution in [-0.4, -0.2) is 34.7 Å². The van der Waals surface area contributed by atoms with Gasteiger partial charge in [0.1, 0.15) is 11.5 Å². The number of aryl methyl sites for hydroxylation is 4. The number of carbonyl (C=O) groups excluding carboxylic acids is 2. The van der Waals surface area contributed by atoms with Gasteiger partial charge < -0.3 is 14.0 Å². The first-order chi connectivity index (χ1) is 14.4. The Morgan fingerprint density at radius 3 is 2.63 bits per heavy atom. The van der Waals surface area contributed by atoms with E-state index in [1.165, 1.54) is 11.1 Å². The third-order valence-electron chi connectivity index (χ3n) is 5.37. The fourth-order valence-electron chi connectivity index (χ4n) is 3.90. The maximum absolute atomic E-state index is 12.6. The van der Waals surface area contributed by atoms with Crippen molar-refractivity contribution in [2.45, 2.75) is 40.0 Å². The molecular formula is C23H24N2O5. The molecule has 0 fully saturated rings. The van der Waals surface area contributed by atoms with E-state index in [2.05, 4.69) is 5.16 Å². The van der Waals surface area contributed by atoms with Crippen molar-refractivity contribution in [1.29, 1.82) is 0 Å². The molecule has 0 radical (unpaired) electrons. The molecule has 0 atom stereocenters. The lowest BCUT2D eigenvalue weighted by molar-refractivity contribution is -0.144. The standard InChI is InChI=1S/C23H24N2O5/c1-14-9-20(16(3)25(14)22-10-15(2)30-24-22)21(26)12-29-23(27)13-28-19-8-7-17-5-4-6-18(17)11-19/h7-11H,4-6,12-13H2,1-3H3. The van der Waals surface area contributed by atoms with Gasteiger partial charge in [0.15, 0.2) is 19.0 Å². The maximum Gasteiger partial charge on any atom is 0.344 e. The van der Waals surface area contributed by atoms with Gasteiger partial charge in [-0.25, -0.2) is 4.79 Å². The monoisotopic (exact) mass is 408 g/mol. The Labute approximate surface area is 174 Å². The third kappa shape index (κ3) is 4.01. The molecular weight excluding hydrogens is 384 g/mol. The summed E-state index contributed by atoms with van der Waals surface area (Å²) in [5, 5.41) is 4.00.